The Bertz CT molecular complexity index is 877. The molecule has 3 heterocycles. The van der Waals surface area contributed by atoms with Crippen molar-refractivity contribution >= 4 is 0 Å². The number of hydrogen-bond acceptors (Lipinski definition) is 5. The van der Waals surface area contributed by atoms with Crippen LogP contribution in [-0.4, -0.2) is 32.9 Å². The van der Waals surface area contributed by atoms with Crippen molar-refractivity contribution in [1.29, 1.82) is 0 Å². The molecule has 0 aromatic carbocycles. The van der Waals surface area contributed by atoms with Crippen LogP contribution >= 0.6 is 0 Å². The lowest BCUT2D eigenvalue weighted by Crippen LogP contribution is -2.45. The normalized spacial score (nSPS) is 23.5. The van der Waals surface area contributed by atoms with E-state index >= 15 is 0 Å². The molecule has 1 unspecified atom stereocenters. The minimum atomic E-state index is -0.162. The van der Waals surface area contributed by atoms with E-state index in [0.29, 0.717) is 5.89 Å². The van der Waals surface area contributed by atoms with E-state index in [4.69, 9.17) is 9.40 Å². The largest absolute Gasteiger partial charge is 0.449 e. The van der Waals surface area contributed by atoms with Gasteiger partial charge in [-0.15, -0.1) is 0 Å². The molecule has 1 saturated heterocycles. The van der Waals surface area contributed by atoms with Crippen molar-refractivity contribution in [3.8, 4) is 0 Å². The number of H-pyrrole nitrogens is 1. The Morgan fingerprint density at radius 1 is 1.31 bits per heavy atom. The first-order valence-corrected chi connectivity index (χ1v) is 9.54. The predicted molar refractivity (Wildman–Crippen MR) is 99.3 cm³/mol. The Morgan fingerprint density at radius 2 is 2.12 bits per heavy atom. The van der Waals surface area contributed by atoms with Crippen molar-refractivity contribution in [2.45, 2.75) is 70.8 Å². The maximum Gasteiger partial charge on any atom is 0.254 e. The number of rotatable bonds is 2. The molecular formula is C20H28N4O2. The minimum Gasteiger partial charge on any atom is -0.449 e. The lowest BCUT2D eigenvalue weighted by Gasteiger charge is -2.40. The zero-order valence-electron chi connectivity index (χ0n) is 16.2. The van der Waals surface area contributed by atoms with E-state index < -0.39 is 0 Å². The van der Waals surface area contributed by atoms with Gasteiger partial charge in [-0.05, 0) is 32.2 Å². The summed E-state index contributed by atoms with van der Waals surface area (Å²) in [6, 6.07) is 0. The number of fused-ring (bicyclic) bond motifs is 2. The summed E-state index contributed by atoms with van der Waals surface area (Å²) in [6.07, 6.45) is 5.82. The summed E-state index contributed by atoms with van der Waals surface area (Å²) in [6.45, 7) is 10.9. The lowest BCUT2D eigenvalue weighted by molar-refractivity contribution is 0.135. The van der Waals surface area contributed by atoms with Crippen molar-refractivity contribution in [2.24, 2.45) is 0 Å². The highest BCUT2D eigenvalue weighted by Gasteiger charge is 2.45. The van der Waals surface area contributed by atoms with Crippen LogP contribution in [0.1, 0.15) is 68.7 Å². The summed E-state index contributed by atoms with van der Waals surface area (Å²) in [7, 11) is 0. The summed E-state index contributed by atoms with van der Waals surface area (Å²) in [4.78, 5) is 27.5. The molecule has 1 spiro atoms. The van der Waals surface area contributed by atoms with Crippen LogP contribution in [0.3, 0.4) is 0 Å². The van der Waals surface area contributed by atoms with Crippen molar-refractivity contribution in [3.63, 3.8) is 0 Å². The average Bonchev–Trinajstić information content (AvgIpc) is 3.12. The van der Waals surface area contributed by atoms with Gasteiger partial charge in [0.1, 0.15) is 12.1 Å². The van der Waals surface area contributed by atoms with Gasteiger partial charge in [-0.25, -0.2) is 9.97 Å². The van der Waals surface area contributed by atoms with Gasteiger partial charge in [0.05, 0.1) is 11.4 Å². The van der Waals surface area contributed by atoms with Crippen LogP contribution in [0.5, 0.6) is 0 Å². The molecule has 0 amide bonds. The molecule has 4 rings (SSSR count). The first kappa shape index (κ1) is 17.5. The van der Waals surface area contributed by atoms with Gasteiger partial charge in [0, 0.05) is 36.4 Å². The Labute approximate surface area is 154 Å². The van der Waals surface area contributed by atoms with Crippen LogP contribution in [0.15, 0.2) is 15.5 Å². The summed E-state index contributed by atoms with van der Waals surface area (Å²) >= 11 is 0. The van der Waals surface area contributed by atoms with Gasteiger partial charge >= 0.3 is 0 Å². The number of oxazole rings is 1. The molecule has 6 heteroatoms. The standard InChI is InChI=1S/C20H28N4O2/c1-13-21-14(11-26-13)10-24-9-5-7-20(12-24)8-6-15-16(20)22-18(19(2,3)4)23-17(15)25/h11H,5-10,12H2,1-4H3,(H,22,23,25). The minimum absolute atomic E-state index is 0.000619. The quantitative estimate of drug-likeness (QED) is 0.895. The molecule has 26 heavy (non-hydrogen) atoms. The second-order valence-corrected chi connectivity index (χ2v) is 8.94. The van der Waals surface area contributed by atoms with Crippen LogP contribution in [0, 0.1) is 6.92 Å². The molecule has 0 radical (unpaired) electrons. The molecule has 1 fully saturated rings. The molecule has 140 valence electrons. The van der Waals surface area contributed by atoms with Gasteiger partial charge in [-0.2, -0.15) is 0 Å². The van der Waals surface area contributed by atoms with Crippen LogP contribution in [0.25, 0.3) is 0 Å². The van der Waals surface area contributed by atoms with Crippen LogP contribution in [0.2, 0.25) is 0 Å². The van der Waals surface area contributed by atoms with Gasteiger partial charge in [-0.1, -0.05) is 20.8 Å². The zero-order valence-corrected chi connectivity index (χ0v) is 16.2. The molecule has 6 nitrogen and oxygen atoms in total. The summed E-state index contributed by atoms with van der Waals surface area (Å²) in [5.74, 6) is 1.51. The second-order valence-electron chi connectivity index (χ2n) is 8.94. The second kappa shape index (κ2) is 6.05. The monoisotopic (exact) mass is 356 g/mol. The van der Waals surface area contributed by atoms with E-state index in [1.807, 2.05) is 6.92 Å². The number of aryl methyl sites for hydroxylation is 1. The lowest BCUT2D eigenvalue weighted by atomic mass is 9.77. The van der Waals surface area contributed by atoms with Crippen molar-refractivity contribution in [3.05, 3.63) is 45.3 Å². The third-order valence-electron chi connectivity index (χ3n) is 5.79. The molecule has 2 aromatic rings. The van der Waals surface area contributed by atoms with E-state index in [2.05, 4.69) is 35.6 Å². The fraction of sp³-hybridized carbons (Fsp3) is 0.650. The molecular weight excluding hydrogens is 328 g/mol. The highest BCUT2D eigenvalue weighted by Crippen LogP contribution is 2.43. The van der Waals surface area contributed by atoms with Gasteiger partial charge in [-0.3, -0.25) is 9.69 Å². The zero-order chi connectivity index (χ0) is 18.5. The SMILES string of the molecule is Cc1nc(CN2CCCC3(CCc4c3nc(C(C)(C)C)[nH]c4=O)C2)co1. The van der Waals surface area contributed by atoms with Gasteiger partial charge in [0.25, 0.3) is 5.56 Å². The number of nitrogens with one attached hydrogen (secondary N) is 1. The highest BCUT2D eigenvalue weighted by molar-refractivity contribution is 5.34. The summed E-state index contributed by atoms with van der Waals surface area (Å²) in [5.41, 5.74) is 2.82. The van der Waals surface area contributed by atoms with Gasteiger partial charge < -0.3 is 9.40 Å². The molecule has 1 N–H and O–H groups in total. The third kappa shape index (κ3) is 3.00. The number of aromatic nitrogens is 3. The van der Waals surface area contributed by atoms with E-state index in [1.165, 1.54) is 0 Å². The topological polar surface area (TPSA) is 75.0 Å². The van der Waals surface area contributed by atoms with Crippen LogP contribution < -0.4 is 5.56 Å². The molecule has 1 aliphatic heterocycles. The molecule has 2 aromatic heterocycles. The number of aromatic amines is 1. The maximum atomic E-state index is 12.6. The maximum absolute atomic E-state index is 12.6. The first-order chi connectivity index (χ1) is 12.3. The summed E-state index contributed by atoms with van der Waals surface area (Å²) < 4.78 is 5.35. The molecule has 0 saturated carbocycles. The Morgan fingerprint density at radius 3 is 2.81 bits per heavy atom. The predicted octanol–water partition coefficient (Wildman–Crippen LogP) is 2.84. The number of piperidine rings is 1. The van der Waals surface area contributed by atoms with Crippen molar-refractivity contribution in [1.82, 2.24) is 19.9 Å². The molecule has 1 atom stereocenters. The average molecular weight is 356 g/mol. The number of hydrogen-bond donors (Lipinski definition) is 1. The fourth-order valence-corrected chi connectivity index (χ4v) is 4.48. The van der Waals surface area contributed by atoms with Crippen molar-refractivity contribution < 1.29 is 4.42 Å². The fourth-order valence-electron chi connectivity index (χ4n) is 4.48. The van der Waals surface area contributed by atoms with Crippen molar-refractivity contribution in [2.75, 3.05) is 13.1 Å². The van der Waals surface area contributed by atoms with E-state index in [1.54, 1.807) is 6.26 Å². The molecule has 2 aliphatic rings. The molecule has 1 aliphatic carbocycles. The third-order valence-corrected chi connectivity index (χ3v) is 5.79. The Hall–Kier alpha value is -1.95. The van der Waals surface area contributed by atoms with E-state index in [-0.39, 0.29) is 16.4 Å². The van der Waals surface area contributed by atoms with Crippen LogP contribution in [0.4, 0.5) is 0 Å². The van der Waals surface area contributed by atoms with Crippen LogP contribution in [-0.2, 0) is 23.8 Å². The first-order valence-electron chi connectivity index (χ1n) is 9.54. The number of nitrogens with zero attached hydrogens (tertiary/aromatic N) is 3. The van der Waals surface area contributed by atoms with E-state index in [0.717, 1.165) is 68.1 Å². The molecule has 0 bridgehead atoms. The smallest absolute Gasteiger partial charge is 0.254 e. The van der Waals surface area contributed by atoms with E-state index in [9.17, 15) is 4.79 Å². The Kier molecular flexibility index (Phi) is 4.06. The summed E-state index contributed by atoms with van der Waals surface area (Å²) in [5, 5.41) is 0. The number of likely N-dealkylation sites (tertiary alicyclic amines) is 1. The van der Waals surface area contributed by atoms with Gasteiger partial charge in [0.2, 0.25) is 0 Å². The van der Waals surface area contributed by atoms with Gasteiger partial charge in [0.15, 0.2) is 5.89 Å². The highest BCUT2D eigenvalue weighted by atomic mass is 16.3. The Balaban J connectivity index is 1.66.